The zero-order valence-electron chi connectivity index (χ0n) is 19.1. The molecule has 0 radical (unpaired) electrons. The van der Waals surface area contributed by atoms with E-state index in [9.17, 15) is 4.79 Å². The number of fused-ring (bicyclic) bond motifs is 1. The van der Waals surface area contributed by atoms with E-state index in [-0.39, 0.29) is 5.91 Å². The highest BCUT2D eigenvalue weighted by atomic mass is 16.4. The Hall–Kier alpha value is -2.99. The minimum Gasteiger partial charge on any atom is -0.421 e. The summed E-state index contributed by atoms with van der Waals surface area (Å²) in [4.78, 5) is 15.1. The Morgan fingerprint density at radius 3 is 2.52 bits per heavy atom. The molecule has 1 amide bonds. The Balaban J connectivity index is 1.11. The fourth-order valence-corrected chi connectivity index (χ4v) is 5.28. The molecular formula is C27H32N4O2. The van der Waals surface area contributed by atoms with E-state index < -0.39 is 0 Å². The van der Waals surface area contributed by atoms with Gasteiger partial charge in [-0.25, -0.2) is 0 Å². The van der Waals surface area contributed by atoms with E-state index in [1.54, 1.807) is 0 Å². The van der Waals surface area contributed by atoms with E-state index in [2.05, 4.69) is 44.7 Å². The number of amides is 1. The second-order valence-corrected chi connectivity index (χ2v) is 9.25. The summed E-state index contributed by atoms with van der Waals surface area (Å²) in [7, 11) is 0. The Kier molecular flexibility index (Phi) is 6.81. The maximum Gasteiger partial charge on any atom is 0.247 e. The van der Waals surface area contributed by atoms with Crippen LogP contribution in [0, 0.1) is 5.92 Å². The van der Waals surface area contributed by atoms with Crippen LogP contribution in [0.5, 0.6) is 0 Å². The van der Waals surface area contributed by atoms with Crippen LogP contribution in [-0.4, -0.2) is 46.7 Å². The van der Waals surface area contributed by atoms with Crippen LogP contribution < -0.4 is 5.32 Å². The first-order valence-corrected chi connectivity index (χ1v) is 12.3. The number of nitrogens with one attached hydrogen (secondary N) is 1. The summed E-state index contributed by atoms with van der Waals surface area (Å²) in [6.45, 7) is 3.23. The van der Waals surface area contributed by atoms with E-state index in [0.717, 1.165) is 17.7 Å². The molecule has 2 aliphatic heterocycles. The van der Waals surface area contributed by atoms with Crippen molar-refractivity contribution in [1.82, 2.24) is 20.4 Å². The van der Waals surface area contributed by atoms with Gasteiger partial charge in [0.25, 0.3) is 0 Å². The lowest BCUT2D eigenvalue weighted by Crippen LogP contribution is -2.51. The third-order valence-electron chi connectivity index (χ3n) is 7.06. The van der Waals surface area contributed by atoms with Gasteiger partial charge in [-0.3, -0.25) is 4.79 Å². The summed E-state index contributed by atoms with van der Waals surface area (Å²) >= 11 is 0. The molecule has 0 spiro atoms. The number of carbonyl (C=O) groups excluding carboxylic acids is 1. The molecule has 2 aromatic carbocycles. The molecule has 1 aromatic heterocycles. The Morgan fingerprint density at radius 2 is 1.67 bits per heavy atom. The molecule has 0 unspecified atom stereocenters. The van der Waals surface area contributed by atoms with E-state index in [0.29, 0.717) is 36.6 Å². The lowest BCUT2D eigenvalue weighted by Gasteiger charge is -2.44. The summed E-state index contributed by atoms with van der Waals surface area (Å²) in [5.41, 5.74) is 3.20. The molecule has 0 aliphatic carbocycles. The normalized spacial score (nSPS) is 20.8. The van der Waals surface area contributed by atoms with Gasteiger partial charge in [0.1, 0.15) is 0 Å². The van der Waals surface area contributed by atoms with Crippen LogP contribution in [0.15, 0.2) is 59.0 Å². The van der Waals surface area contributed by atoms with Gasteiger partial charge in [-0.15, -0.1) is 10.2 Å². The quantitative estimate of drug-likeness (QED) is 0.571. The van der Waals surface area contributed by atoms with Crippen LogP contribution in [0.2, 0.25) is 0 Å². The first-order valence-electron chi connectivity index (χ1n) is 12.3. The summed E-state index contributed by atoms with van der Waals surface area (Å²) in [5, 5.41) is 11.5. The van der Waals surface area contributed by atoms with Crippen molar-refractivity contribution in [1.29, 1.82) is 0 Å². The third kappa shape index (κ3) is 5.33. The molecule has 6 heteroatoms. The second kappa shape index (κ2) is 10.3. The first kappa shape index (κ1) is 21.8. The largest absolute Gasteiger partial charge is 0.421 e. The molecule has 172 valence electrons. The number of rotatable bonds is 7. The fraction of sp³-hybridized carbons (Fsp3) is 0.444. The van der Waals surface area contributed by atoms with Crippen molar-refractivity contribution in [3.8, 4) is 22.6 Å². The number of nitrogens with zero attached hydrogens (tertiary/aromatic N) is 3. The number of aryl methyl sites for hydroxylation is 1. The Labute approximate surface area is 195 Å². The van der Waals surface area contributed by atoms with Crippen molar-refractivity contribution in [3.63, 3.8) is 0 Å². The molecule has 1 N–H and O–H groups in total. The average molecular weight is 445 g/mol. The molecule has 0 saturated carbocycles. The van der Waals surface area contributed by atoms with Gasteiger partial charge in [-0.2, -0.15) is 0 Å². The van der Waals surface area contributed by atoms with Crippen LogP contribution >= 0.6 is 0 Å². The predicted molar refractivity (Wildman–Crippen MR) is 128 cm³/mol. The van der Waals surface area contributed by atoms with Gasteiger partial charge in [0.05, 0.1) is 0 Å². The molecule has 3 aromatic rings. The summed E-state index contributed by atoms with van der Waals surface area (Å²) in [5.74, 6) is 1.64. The van der Waals surface area contributed by atoms with E-state index in [1.165, 1.54) is 50.8 Å². The van der Waals surface area contributed by atoms with Crippen LogP contribution in [0.25, 0.3) is 22.6 Å². The zero-order valence-corrected chi connectivity index (χ0v) is 19.1. The van der Waals surface area contributed by atoms with Gasteiger partial charge in [0.2, 0.25) is 17.7 Å². The third-order valence-corrected chi connectivity index (χ3v) is 7.06. The molecule has 5 rings (SSSR count). The highest BCUT2D eigenvalue weighted by Gasteiger charge is 2.32. The molecular weight excluding hydrogens is 412 g/mol. The molecule has 0 bridgehead atoms. The summed E-state index contributed by atoms with van der Waals surface area (Å²) in [6.07, 6.45) is 7.21. The van der Waals surface area contributed by atoms with Gasteiger partial charge >= 0.3 is 0 Å². The Morgan fingerprint density at radius 1 is 0.909 bits per heavy atom. The van der Waals surface area contributed by atoms with Crippen molar-refractivity contribution in [3.05, 3.63) is 60.5 Å². The number of carbonyl (C=O) groups is 1. The maximum absolute atomic E-state index is 12.5. The molecule has 3 heterocycles. The van der Waals surface area contributed by atoms with E-state index in [1.807, 2.05) is 30.3 Å². The predicted octanol–water partition coefficient (Wildman–Crippen LogP) is 4.72. The van der Waals surface area contributed by atoms with Crippen LogP contribution in [-0.2, 0) is 11.2 Å². The van der Waals surface area contributed by atoms with Gasteiger partial charge < -0.3 is 14.6 Å². The lowest BCUT2D eigenvalue weighted by molar-refractivity contribution is -0.121. The van der Waals surface area contributed by atoms with Crippen molar-refractivity contribution < 1.29 is 9.21 Å². The molecule has 2 saturated heterocycles. The second-order valence-electron chi connectivity index (χ2n) is 9.25. The van der Waals surface area contributed by atoms with Crippen molar-refractivity contribution >= 4 is 5.91 Å². The van der Waals surface area contributed by atoms with Crippen LogP contribution in [0.1, 0.15) is 44.4 Å². The summed E-state index contributed by atoms with van der Waals surface area (Å²) < 4.78 is 5.82. The number of hydrogen-bond donors (Lipinski definition) is 1. The van der Waals surface area contributed by atoms with Crippen molar-refractivity contribution in [2.75, 3.05) is 19.6 Å². The lowest BCUT2D eigenvalue weighted by atomic mass is 9.83. The zero-order chi connectivity index (χ0) is 22.5. The standard InChI is InChI=1S/C27H32N4O2/c32-25(28-19-23-9-6-18-31-17-5-4-10-24(23)31)15-16-26-29-30-27(33-26)22-13-11-21(12-14-22)20-7-2-1-3-8-20/h1-3,7-8,11-14,23-24H,4-6,9-10,15-19H2,(H,28,32)/t23-,24+/m0/s1. The summed E-state index contributed by atoms with van der Waals surface area (Å²) in [6, 6.07) is 19.0. The average Bonchev–Trinajstić information content (AvgIpc) is 3.36. The highest BCUT2D eigenvalue weighted by molar-refractivity contribution is 5.76. The SMILES string of the molecule is O=C(CCc1nnc(-c2ccc(-c3ccccc3)cc2)o1)NC[C@@H]1CCCN2CCCC[C@H]12. The van der Waals surface area contributed by atoms with Crippen molar-refractivity contribution in [2.45, 2.75) is 51.0 Å². The molecule has 33 heavy (non-hydrogen) atoms. The minimum absolute atomic E-state index is 0.0647. The highest BCUT2D eigenvalue weighted by Crippen LogP contribution is 2.30. The first-order chi connectivity index (χ1) is 16.3. The van der Waals surface area contributed by atoms with Gasteiger partial charge in [0.15, 0.2) is 0 Å². The minimum atomic E-state index is 0.0647. The number of piperidine rings is 2. The molecule has 2 fully saturated rings. The van der Waals surface area contributed by atoms with Gasteiger partial charge in [0, 0.05) is 31.0 Å². The maximum atomic E-state index is 12.5. The van der Waals surface area contributed by atoms with Crippen LogP contribution in [0.4, 0.5) is 0 Å². The van der Waals surface area contributed by atoms with E-state index in [4.69, 9.17) is 4.42 Å². The monoisotopic (exact) mass is 444 g/mol. The Bertz CT molecular complexity index is 1050. The van der Waals surface area contributed by atoms with Gasteiger partial charge in [-0.1, -0.05) is 48.9 Å². The van der Waals surface area contributed by atoms with Crippen LogP contribution in [0.3, 0.4) is 0 Å². The number of benzene rings is 2. The number of hydrogen-bond acceptors (Lipinski definition) is 5. The van der Waals surface area contributed by atoms with E-state index >= 15 is 0 Å². The number of aromatic nitrogens is 2. The molecule has 2 aliphatic rings. The molecule has 2 atom stereocenters. The van der Waals surface area contributed by atoms with Gasteiger partial charge in [-0.05, 0) is 68.0 Å². The van der Waals surface area contributed by atoms with Crippen molar-refractivity contribution in [2.24, 2.45) is 5.92 Å². The smallest absolute Gasteiger partial charge is 0.247 e. The fourth-order valence-electron chi connectivity index (χ4n) is 5.28. The molecule has 6 nitrogen and oxygen atoms in total. The topological polar surface area (TPSA) is 71.3 Å².